The van der Waals surface area contributed by atoms with Gasteiger partial charge in [-0.1, -0.05) is 39.3 Å². The summed E-state index contributed by atoms with van der Waals surface area (Å²) in [4.78, 5) is 11.9. The second-order valence-electron chi connectivity index (χ2n) is 4.58. The van der Waals surface area contributed by atoms with Crippen LogP contribution in [0.4, 0.5) is 5.69 Å². The summed E-state index contributed by atoms with van der Waals surface area (Å²) in [5, 5.41) is 14.4. The van der Waals surface area contributed by atoms with Crippen LogP contribution in [0.2, 0.25) is 0 Å². The van der Waals surface area contributed by atoms with Crippen LogP contribution in [0, 0.1) is 6.92 Å². The highest BCUT2D eigenvalue weighted by Gasteiger charge is 2.08. The van der Waals surface area contributed by atoms with Gasteiger partial charge in [-0.2, -0.15) is 0 Å². The van der Waals surface area contributed by atoms with Crippen LogP contribution in [-0.4, -0.2) is 23.9 Å². The first-order valence-corrected chi connectivity index (χ1v) is 7.34. The number of benzene rings is 2. The van der Waals surface area contributed by atoms with Gasteiger partial charge < -0.3 is 15.3 Å². The number of carbonyl (C=O) groups is 1. The Morgan fingerprint density at radius 3 is 2.86 bits per heavy atom. The summed E-state index contributed by atoms with van der Waals surface area (Å²) in [6.07, 6.45) is 1.25. The van der Waals surface area contributed by atoms with Crippen molar-refractivity contribution in [2.75, 3.05) is 11.9 Å². The normalized spacial score (nSPS) is 10.6. The molecular weight excluding hydrogens is 348 g/mol. The molecule has 2 aromatic carbocycles. The Hall–Kier alpha value is -2.34. The minimum atomic E-state index is -0.260. The molecule has 5 nitrogen and oxygen atoms in total. The fourth-order valence-electron chi connectivity index (χ4n) is 1.86. The number of carbonyl (C=O) groups excluding carboxylic acids is 1. The van der Waals surface area contributed by atoms with E-state index < -0.39 is 0 Å². The molecule has 0 aliphatic heterocycles. The van der Waals surface area contributed by atoms with Crippen molar-refractivity contribution in [3.05, 3.63) is 58.1 Å². The topological polar surface area (TPSA) is 70.9 Å². The first kappa shape index (κ1) is 16.0. The number of oxime groups is 1. The monoisotopic (exact) mass is 362 g/mol. The largest absolute Gasteiger partial charge is 0.483 e. The summed E-state index contributed by atoms with van der Waals surface area (Å²) in [5.74, 6) is 0.199. The zero-order chi connectivity index (χ0) is 15.9. The van der Waals surface area contributed by atoms with E-state index in [-0.39, 0.29) is 12.5 Å². The number of ether oxygens (including phenoxy) is 1. The molecule has 0 radical (unpaired) electrons. The van der Waals surface area contributed by atoms with E-state index in [9.17, 15) is 4.79 Å². The molecule has 0 unspecified atom stereocenters. The summed E-state index contributed by atoms with van der Waals surface area (Å²) < 4.78 is 6.30. The van der Waals surface area contributed by atoms with Crippen LogP contribution in [0.25, 0.3) is 0 Å². The second-order valence-corrected chi connectivity index (χ2v) is 5.49. The first-order valence-electron chi connectivity index (χ1n) is 6.55. The first-order chi connectivity index (χ1) is 10.6. The van der Waals surface area contributed by atoms with Gasteiger partial charge in [-0.05, 0) is 36.8 Å². The molecule has 0 aromatic heterocycles. The third kappa shape index (κ3) is 4.33. The predicted octanol–water partition coefficient (Wildman–Crippen LogP) is 3.58. The lowest BCUT2D eigenvalue weighted by atomic mass is 10.2. The molecule has 0 heterocycles. The fourth-order valence-corrected chi connectivity index (χ4v) is 2.24. The van der Waals surface area contributed by atoms with Gasteiger partial charge in [-0.15, -0.1) is 0 Å². The van der Waals surface area contributed by atoms with Gasteiger partial charge in [0.05, 0.1) is 6.21 Å². The number of anilines is 1. The SMILES string of the molecule is Cc1ccccc1NC(=O)COc1ccc(Br)cc1/C=N/O. The lowest BCUT2D eigenvalue weighted by molar-refractivity contribution is -0.118. The third-order valence-electron chi connectivity index (χ3n) is 2.95. The quantitative estimate of drug-likeness (QED) is 0.485. The number of aryl methyl sites for hydroxylation is 1. The van der Waals surface area contributed by atoms with E-state index in [2.05, 4.69) is 26.4 Å². The Morgan fingerprint density at radius 1 is 1.36 bits per heavy atom. The highest BCUT2D eigenvalue weighted by atomic mass is 79.9. The maximum Gasteiger partial charge on any atom is 0.262 e. The number of nitrogens with one attached hydrogen (secondary N) is 1. The molecule has 0 aliphatic carbocycles. The van der Waals surface area contributed by atoms with E-state index in [0.29, 0.717) is 11.3 Å². The lowest BCUT2D eigenvalue weighted by Gasteiger charge is -2.11. The molecule has 0 atom stereocenters. The number of amides is 1. The molecule has 114 valence electrons. The molecule has 22 heavy (non-hydrogen) atoms. The van der Waals surface area contributed by atoms with Crippen molar-refractivity contribution in [2.45, 2.75) is 6.92 Å². The summed E-state index contributed by atoms with van der Waals surface area (Å²) in [5.41, 5.74) is 2.30. The molecule has 2 rings (SSSR count). The van der Waals surface area contributed by atoms with Crippen LogP contribution in [0.3, 0.4) is 0 Å². The van der Waals surface area contributed by atoms with Crippen LogP contribution >= 0.6 is 15.9 Å². The van der Waals surface area contributed by atoms with Crippen molar-refractivity contribution in [2.24, 2.45) is 5.16 Å². The average Bonchev–Trinajstić information content (AvgIpc) is 2.49. The Bertz CT molecular complexity index is 702. The van der Waals surface area contributed by atoms with Gasteiger partial charge in [0.25, 0.3) is 5.91 Å². The van der Waals surface area contributed by atoms with Gasteiger partial charge in [0, 0.05) is 15.7 Å². The minimum absolute atomic E-state index is 0.137. The van der Waals surface area contributed by atoms with E-state index >= 15 is 0 Å². The Balaban J connectivity index is 2.01. The Labute approximate surface area is 136 Å². The summed E-state index contributed by atoms with van der Waals surface area (Å²) >= 11 is 3.32. The van der Waals surface area contributed by atoms with E-state index in [1.54, 1.807) is 18.2 Å². The van der Waals surface area contributed by atoms with Crippen molar-refractivity contribution in [1.29, 1.82) is 0 Å². The highest BCUT2D eigenvalue weighted by molar-refractivity contribution is 9.10. The molecular formula is C16H15BrN2O3. The molecule has 6 heteroatoms. The van der Waals surface area contributed by atoms with Crippen LogP contribution in [-0.2, 0) is 4.79 Å². The van der Waals surface area contributed by atoms with Gasteiger partial charge >= 0.3 is 0 Å². The molecule has 0 spiro atoms. The number of halogens is 1. The van der Waals surface area contributed by atoms with Crippen LogP contribution in [0.5, 0.6) is 5.75 Å². The molecule has 2 N–H and O–H groups in total. The zero-order valence-electron chi connectivity index (χ0n) is 11.9. The number of rotatable bonds is 5. The number of hydrogen-bond donors (Lipinski definition) is 2. The number of hydrogen-bond acceptors (Lipinski definition) is 4. The lowest BCUT2D eigenvalue weighted by Crippen LogP contribution is -2.21. The summed E-state index contributed by atoms with van der Waals surface area (Å²) in [7, 11) is 0. The maximum absolute atomic E-state index is 11.9. The van der Waals surface area contributed by atoms with Crippen molar-refractivity contribution in [1.82, 2.24) is 0 Å². The van der Waals surface area contributed by atoms with Gasteiger partial charge in [-0.25, -0.2) is 0 Å². The molecule has 1 amide bonds. The van der Waals surface area contributed by atoms with Crippen molar-refractivity contribution >= 4 is 33.7 Å². The highest BCUT2D eigenvalue weighted by Crippen LogP contribution is 2.22. The predicted molar refractivity (Wildman–Crippen MR) is 88.8 cm³/mol. The van der Waals surface area contributed by atoms with Crippen molar-refractivity contribution in [3.8, 4) is 5.75 Å². The van der Waals surface area contributed by atoms with Gasteiger partial charge in [0.15, 0.2) is 6.61 Å². The standard InChI is InChI=1S/C16H15BrN2O3/c1-11-4-2-3-5-14(11)19-16(20)10-22-15-7-6-13(17)8-12(15)9-18-21/h2-9,21H,10H2,1H3,(H,19,20)/b18-9+. The van der Waals surface area contributed by atoms with Crippen molar-refractivity contribution in [3.63, 3.8) is 0 Å². The average molecular weight is 363 g/mol. The molecule has 0 saturated carbocycles. The third-order valence-corrected chi connectivity index (χ3v) is 3.44. The van der Waals surface area contributed by atoms with Gasteiger partial charge in [-0.3, -0.25) is 4.79 Å². The van der Waals surface area contributed by atoms with E-state index in [1.165, 1.54) is 6.21 Å². The van der Waals surface area contributed by atoms with Crippen LogP contribution < -0.4 is 10.1 Å². The van der Waals surface area contributed by atoms with Crippen LogP contribution in [0.15, 0.2) is 52.1 Å². The molecule has 0 aliphatic rings. The van der Waals surface area contributed by atoms with Gasteiger partial charge in [0.1, 0.15) is 5.75 Å². The second kappa shape index (κ2) is 7.61. The number of nitrogens with zero attached hydrogens (tertiary/aromatic N) is 1. The van der Waals surface area contributed by atoms with E-state index in [4.69, 9.17) is 9.94 Å². The molecule has 0 fully saturated rings. The van der Waals surface area contributed by atoms with Crippen molar-refractivity contribution < 1.29 is 14.7 Å². The molecule has 0 bridgehead atoms. The Morgan fingerprint density at radius 2 is 2.14 bits per heavy atom. The molecule has 2 aromatic rings. The van der Waals surface area contributed by atoms with Crippen LogP contribution in [0.1, 0.15) is 11.1 Å². The zero-order valence-corrected chi connectivity index (χ0v) is 13.5. The maximum atomic E-state index is 11.9. The van der Waals surface area contributed by atoms with Gasteiger partial charge in [0.2, 0.25) is 0 Å². The number of para-hydroxylation sites is 1. The fraction of sp³-hybridized carbons (Fsp3) is 0.125. The van der Waals surface area contributed by atoms with E-state index in [0.717, 1.165) is 15.7 Å². The Kier molecular flexibility index (Phi) is 5.55. The smallest absolute Gasteiger partial charge is 0.262 e. The molecule has 0 saturated heterocycles. The van der Waals surface area contributed by atoms with E-state index in [1.807, 2.05) is 31.2 Å². The summed E-state index contributed by atoms with van der Waals surface area (Å²) in [6.45, 7) is 1.78. The summed E-state index contributed by atoms with van der Waals surface area (Å²) in [6, 6.07) is 12.7. The minimum Gasteiger partial charge on any atom is -0.483 e.